The third-order valence-electron chi connectivity index (χ3n) is 9.71. The van der Waals surface area contributed by atoms with Crippen molar-refractivity contribution in [3.05, 3.63) is 193 Å². The molecule has 1 heterocycles. The third-order valence-corrected chi connectivity index (χ3v) is 9.71. The molecular weight excluding hydrogens is 605 g/mol. The SMILES string of the molecule is C\C=C/C(=C\C=C\c1cc(-c2ccc(-c3ccccc3)cc2)c2ccc3cccc4ccc1c2c43)c1nc2ccccc2n1-c1ccccc1. The molecule has 0 bridgehead atoms. The van der Waals surface area contributed by atoms with Gasteiger partial charge in [0.15, 0.2) is 0 Å². The molecule has 0 aliphatic rings. The summed E-state index contributed by atoms with van der Waals surface area (Å²) in [6, 6.07) is 56.5. The molecule has 9 aromatic rings. The summed E-state index contributed by atoms with van der Waals surface area (Å²) < 4.78 is 2.25. The molecule has 1 aromatic heterocycles. The van der Waals surface area contributed by atoms with E-state index >= 15 is 0 Å². The Kier molecular flexibility index (Phi) is 7.40. The first-order chi connectivity index (χ1) is 24.8. The lowest BCUT2D eigenvalue weighted by Gasteiger charge is -2.17. The monoisotopic (exact) mass is 638 g/mol. The Hall–Kier alpha value is -6.51. The van der Waals surface area contributed by atoms with Crippen LogP contribution in [-0.2, 0) is 0 Å². The minimum atomic E-state index is 0.912. The Morgan fingerprint density at radius 2 is 1.24 bits per heavy atom. The lowest BCUT2D eigenvalue weighted by molar-refractivity contribution is 1.06. The van der Waals surface area contributed by atoms with Crippen LogP contribution >= 0.6 is 0 Å². The van der Waals surface area contributed by atoms with E-state index in [-0.39, 0.29) is 0 Å². The number of fused-ring (bicyclic) bond motifs is 1. The maximum Gasteiger partial charge on any atom is 0.145 e. The molecule has 0 N–H and O–H groups in total. The molecule has 2 heteroatoms. The highest BCUT2D eigenvalue weighted by atomic mass is 15.1. The smallest absolute Gasteiger partial charge is 0.145 e. The van der Waals surface area contributed by atoms with Crippen LogP contribution < -0.4 is 0 Å². The van der Waals surface area contributed by atoms with Crippen LogP contribution in [0.2, 0.25) is 0 Å². The van der Waals surface area contributed by atoms with Gasteiger partial charge in [-0.15, -0.1) is 0 Å². The van der Waals surface area contributed by atoms with Gasteiger partial charge < -0.3 is 0 Å². The van der Waals surface area contributed by atoms with Crippen LogP contribution in [0, 0.1) is 0 Å². The van der Waals surface area contributed by atoms with Gasteiger partial charge in [0.2, 0.25) is 0 Å². The van der Waals surface area contributed by atoms with Crippen LogP contribution in [-0.4, -0.2) is 9.55 Å². The second-order valence-electron chi connectivity index (χ2n) is 12.7. The molecule has 2 nitrogen and oxygen atoms in total. The minimum Gasteiger partial charge on any atom is -0.292 e. The molecule has 0 radical (unpaired) electrons. The lowest BCUT2D eigenvalue weighted by atomic mass is 9.87. The summed E-state index contributed by atoms with van der Waals surface area (Å²) in [5.41, 5.74) is 10.3. The van der Waals surface area contributed by atoms with E-state index in [1.54, 1.807) is 0 Å². The van der Waals surface area contributed by atoms with Crippen molar-refractivity contribution in [2.24, 2.45) is 0 Å². The van der Waals surface area contributed by atoms with Gasteiger partial charge in [-0.1, -0.05) is 158 Å². The Bertz CT molecular complexity index is 2710. The summed E-state index contributed by atoms with van der Waals surface area (Å²) >= 11 is 0. The molecule has 0 saturated carbocycles. The van der Waals surface area contributed by atoms with Crippen LogP contribution in [0.1, 0.15) is 18.3 Å². The van der Waals surface area contributed by atoms with Crippen molar-refractivity contribution in [2.45, 2.75) is 6.92 Å². The Balaban J connectivity index is 1.21. The molecule has 0 atom stereocenters. The fourth-order valence-electron chi connectivity index (χ4n) is 7.41. The van der Waals surface area contributed by atoms with Gasteiger partial charge in [-0.2, -0.15) is 0 Å². The van der Waals surface area contributed by atoms with Crippen molar-refractivity contribution < 1.29 is 0 Å². The predicted octanol–water partition coefficient (Wildman–Crippen LogP) is 12.9. The normalized spacial score (nSPS) is 12.5. The number of allylic oxidation sites excluding steroid dienone is 5. The number of benzene rings is 8. The number of para-hydroxylation sites is 3. The number of nitrogens with zero attached hydrogens (tertiary/aromatic N) is 2. The maximum absolute atomic E-state index is 5.13. The molecule has 0 fully saturated rings. The Morgan fingerprint density at radius 3 is 2.00 bits per heavy atom. The summed E-state index contributed by atoms with van der Waals surface area (Å²) in [6.07, 6.45) is 10.9. The van der Waals surface area contributed by atoms with Gasteiger partial charge in [-0.25, -0.2) is 4.98 Å². The van der Waals surface area contributed by atoms with Gasteiger partial charge in [-0.05, 0) is 97.4 Å². The highest BCUT2D eigenvalue weighted by Gasteiger charge is 2.16. The standard InChI is InChI=1S/C48H34N2/c1-2-13-38(48-49-44-22-9-10-23-45(44)50(48)40-20-7-4-8-21-40)18-12-19-39-32-43(35-26-24-34(25-27-35)33-14-5-3-6-15-33)42-31-29-37-17-11-16-36-28-30-41(39)47(42)46(36)37/h2-32H,1H3/b13-2-,19-12+,38-18+. The quantitative estimate of drug-likeness (QED) is 0.125. The number of hydrogen-bond acceptors (Lipinski definition) is 1. The van der Waals surface area contributed by atoms with Crippen molar-refractivity contribution in [3.8, 4) is 27.9 Å². The molecule has 0 unspecified atom stereocenters. The van der Waals surface area contributed by atoms with Crippen molar-refractivity contribution in [1.29, 1.82) is 0 Å². The largest absolute Gasteiger partial charge is 0.292 e. The highest BCUT2D eigenvalue weighted by molar-refractivity contribution is 6.26. The molecule has 50 heavy (non-hydrogen) atoms. The number of imidazole rings is 1. The first-order valence-electron chi connectivity index (χ1n) is 17.2. The van der Waals surface area contributed by atoms with E-state index in [4.69, 9.17) is 4.98 Å². The maximum atomic E-state index is 5.13. The zero-order valence-electron chi connectivity index (χ0n) is 27.8. The second-order valence-corrected chi connectivity index (χ2v) is 12.7. The summed E-state index contributed by atoms with van der Waals surface area (Å²) in [7, 11) is 0. The fraction of sp³-hybridized carbons (Fsp3) is 0.0208. The van der Waals surface area contributed by atoms with Crippen molar-refractivity contribution >= 4 is 55.0 Å². The zero-order chi connectivity index (χ0) is 33.4. The van der Waals surface area contributed by atoms with Crippen molar-refractivity contribution in [2.75, 3.05) is 0 Å². The summed E-state index contributed by atoms with van der Waals surface area (Å²) in [6.45, 7) is 2.06. The van der Waals surface area contributed by atoms with E-state index in [0.29, 0.717) is 0 Å². The van der Waals surface area contributed by atoms with E-state index in [0.717, 1.165) is 28.1 Å². The predicted molar refractivity (Wildman–Crippen MR) is 214 cm³/mol. The van der Waals surface area contributed by atoms with E-state index in [2.05, 4.69) is 194 Å². The Labute approximate surface area is 291 Å². The Morgan fingerprint density at radius 1 is 0.580 bits per heavy atom. The topological polar surface area (TPSA) is 17.8 Å². The average molecular weight is 639 g/mol. The van der Waals surface area contributed by atoms with Crippen LogP contribution in [0.5, 0.6) is 0 Å². The molecule has 9 rings (SSSR count). The van der Waals surface area contributed by atoms with Gasteiger partial charge in [0.05, 0.1) is 11.0 Å². The van der Waals surface area contributed by atoms with Gasteiger partial charge >= 0.3 is 0 Å². The number of hydrogen-bond donors (Lipinski definition) is 0. The zero-order valence-corrected chi connectivity index (χ0v) is 27.8. The lowest BCUT2D eigenvalue weighted by Crippen LogP contribution is -1.99. The summed E-state index contributed by atoms with van der Waals surface area (Å²) in [5.74, 6) is 0.912. The van der Waals surface area contributed by atoms with Gasteiger partial charge in [-0.3, -0.25) is 4.57 Å². The highest BCUT2D eigenvalue weighted by Crippen LogP contribution is 2.42. The third kappa shape index (κ3) is 5.10. The molecule has 0 aliphatic heterocycles. The van der Waals surface area contributed by atoms with Crippen LogP contribution in [0.3, 0.4) is 0 Å². The molecule has 236 valence electrons. The van der Waals surface area contributed by atoms with E-state index in [1.807, 2.05) is 6.07 Å². The molecule has 8 aromatic carbocycles. The van der Waals surface area contributed by atoms with E-state index in [1.165, 1.54) is 60.1 Å². The number of rotatable bonds is 7. The van der Waals surface area contributed by atoms with Crippen LogP contribution in [0.25, 0.3) is 82.9 Å². The van der Waals surface area contributed by atoms with Gasteiger partial charge in [0, 0.05) is 11.3 Å². The average Bonchev–Trinajstić information content (AvgIpc) is 3.57. The summed E-state index contributed by atoms with van der Waals surface area (Å²) in [5, 5.41) is 7.69. The first-order valence-corrected chi connectivity index (χ1v) is 17.2. The second kappa shape index (κ2) is 12.5. The summed E-state index contributed by atoms with van der Waals surface area (Å²) in [4.78, 5) is 5.13. The van der Waals surface area contributed by atoms with E-state index < -0.39 is 0 Å². The van der Waals surface area contributed by atoms with Gasteiger partial charge in [0.25, 0.3) is 0 Å². The molecule has 0 amide bonds. The number of aromatic nitrogens is 2. The molecule has 0 saturated heterocycles. The molecule has 0 spiro atoms. The first kappa shape index (κ1) is 29.6. The van der Waals surface area contributed by atoms with Crippen LogP contribution in [0.15, 0.2) is 182 Å². The van der Waals surface area contributed by atoms with Crippen molar-refractivity contribution in [1.82, 2.24) is 9.55 Å². The van der Waals surface area contributed by atoms with E-state index in [9.17, 15) is 0 Å². The fourth-order valence-corrected chi connectivity index (χ4v) is 7.41. The van der Waals surface area contributed by atoms with Crippen molar-refractivity contribution in [3.63, 3.8) is 0 Å². The van der Waals surface area contributed by atoms with Crippen LogP contribution in [0.4, 0.5) is 0 Å². The minimum absolute atomic E-state index is 0.912. The molecular formula is C48H34N2. The van der Waals surface area contributed by atoms with Gasteiger partial charge in [0.1, 0.15) is 5.82 Å². The molecule has 0 aliphatic carbocycles.